The summed E-state index contributed by atoms with van der Waals surface area (Å²) in [6.45, 7) is 7.63. The van der Waals surface area contributed by atoms with Crippen molar-refractivity contribution in [2.75, 3.05) is 18.4 Å². The zero-order chi connectivity index (χ0) is 12.1. The molecule has 1 aliphatic rings. The Bertz CT molecular complexity index is 339. The molecule has 0 spiro atoms. The molecule has 2 heterocycles. The predicted octanol–water partition coefficient (Wildman–Crippen LogP) is 2.73. The molecule has 0 amide bonds. The van der Waals surface area contributed by atoms with Crippen LogP contribution in [0.4, 0.5) is 5.00 Å². The van der Waals surface area contributed by atoms with Crippen LogP contribution in [0.2, 0.25) is 0 Å². The molecule has 17 heavy (non-hydrogen) atoms. The lowest BCUT2D eigenvalue weighted by Crippen LogP contribution is -2.28. The van der Waals surface area contributed by atoms with Gasteiger partial charge in [-0.25, -0.2) is 0 Å². The smallest absolute Gasteiger partial charge is 0.134 e. The largest absolute Gasteiger partial charge is 0.374 e. The van der Waals surface area contributed by atoms with Crippen molar-refractivity contribution in [3.05, 3.63) is 5.69 Å². The second-order valence-electron chi connectivity index (χ2n) is 4.65. The van der Waals surface area contributed by atoms with Gasteiger partial charge in [0.1, 0.15) is 10.7 Å². The SMILES string of the molecule is CCCNc1snnc1CN1CCCC1CC. The van der Waals surface area contributed by atoms with Crippen LogP contribution in [0.5, 0.6) is 0 Å². The van der Waals surface area contributed by atoms with Crippen LogP contribution in [0.25, 0.3) is 0 Å². The number of anilines is 1. The molecule has 0 aliphatic carbocycles. The normalized spacial score (nSPS) is 20.9. The lowest BCUT2D eigenvalue weighted by molar-refractivity contribution is 0.237. The van der Waals surface area contributed by atoms with Gasteiger partial charge in [0, 0.05) is 30.7 Å². The standard InChI is InChI=1S/C12H22N4S/c1-3-7-13-12-11(14-15-17-12)9-16-8-5-6-10(16)4-2/h10,13H,3-9H2,1-2H3. The van der Waals surface area contributed by atoms with Gasteiger partial charge < -0.3 is 5.32 Å². The van der Waals surface area contributed by atoms with Crippen LogP contribution in [-0.2, 0) is 6.54 Å². The quantitative estimate of drug-likeness (QED) is 0.847. The van der Waals surface area contributed by atoms with Crippen molar-refractivity contribution < 1.29 is 0 Å². The van der Waals surface area contributed by atoms with Crippen molar-refractivity contribution in [1.29, 1.82) is 0 Å². The average molecular weight is 254 g/mol. The molecular formula is C12H22N4S. The second-order valence-corrected chi connectivity index (χ2v) is 5.40. The molecule has 0 bridgehead atoms. The lowest BCUT2D eigenvalue weighted by atomic mass is 10.2. The Morgan fingerprint density at radius 1 is 1.47 bits per heavy atom. The van der Waals surface area contributed by atoms with E-state index in [1.165, 1.54) is 37.3 Å². The van der Waals surface area contributed by atoms with Gasteiger partial charge in [-0.1, -0.05) is 18.3 Å². The van der Waals surface area contributed by atoms with Gasteiger partial charge in [0.25, 0.3) is 0 Å². The first-order chi connectivity index (χ1) is 8.35. The lowest BCUT2D eigenvalue weighted by Gasteiger charge is -2.22. The molecule has 1 atom stereocenters. The molecule has 0 aromatic carbocycles. The minimum Gasteiger partial charge on any atom is -0.374 e. The highest BCUT2D eigenvalue weighted by Gasteiger charge is 2.24. The molecule has 1 fully saturated rings. The Labute approximate surface area is 108 Å². The Morgan fingerprint density at radius 2 is 2.35 bits per heavy atom. The van der Waals surface area contributed by atoms with E-state index in [-0.39, 0.29) is 0 Å². The van der Waals surface area contributed by atoms with Crippen molar-refractivity contribution >= 4 is 16.5 Å². The molecule has 5 heteroatoms. The zero-order valence-electron chi connectivity index (χ0n) is 10.8. The van der Waals surface area contributed by atoms with Crippen LogP contribution < -0.4 is 5.32 Å². The molecule has 1 saturated heterocycles. The Morgan fingerprint density at radius 3 is 3.12 bits per heavy atom. The maximum absolute atomic E-state index is 4.27. The van der Waals surface area contributed by atoms with E-state index in [0.717, 1.165) is 36.2 Å². The third-order valence-electron chi connectivity index (χ3n) is 3.41. The Balaban J connectivity index is 1.95. The topological polar surface area (TPSA) is 41.1 Å². The molecule has 1 N–H and O–H groups in total. The first kappa shape index (κ1) is 12.8. The third-order valence-corrected chi connectivity index (χ3v) is 4.14. The maximum atomic E-state index is 4.27. The molecule has 1 aliphatic heterocycles. The highest BCUT2D eigenvalue weighted by molar-refractivity contribution is 7.10. The van der Waals surface area contributed by atoms with Gasteiger partial charge in [-0.15, -0.1) is 5.10 Å². The molecule has 2 rings (SSSR count). The Kier molecular flexibility index (Phi) is 4.74. The summed E-state index contributed by atoms with van der Waals surface area (Å²) in [7, 11) is 0. The number of nitrogens with one attached hydrogen (secondary N) is 1. The second kappa shape index (κ2) is 6.31. The third kappa shape index (κ3) is 3.16. The number of hydrogen-bond donors (Lipinski definition) is 1. The van der Waals surface area contributed by atoms with E-state index >= 15 is 0 Å². The minimum absolute atomic E-state index is 0.746. The van der Waals surface area contributed by atoms with Crippen molar-refractivity contribution in [2.24, 2.45) is 0 Å². The van der Waals surface area contributed by atoms with Gasteiger partial charge in [-0.05, 0) is 32.2 Å². The van der Waals surface area contributed by atoms with Gasteiger partial charge in [0.05, 0.1) is 0 Å². The molecular weight excluding hydrogens is 232 g/mol. The molecule has 0 saturated carbocycles. The monoisotopic (exact) mass is 254 g/mol. The van der Waals surface area contributed by atoms with Crippen molar-refractivity contribution in [1.82, 2.24) is 14.5 Å². The fourth-order valence-corrected chi connectivity index (χ4v) is 3.04. The molecule has 1 aromatic heterocycles. The van der Waals surface area contributed by atoms with Crippen molar-refractivity contribution in [3.8, 4) is 0 Å². The first-order valence-electron chi connectivity index (χ1n) is 6.64. The zero-order valence-corrected chi connectivity index (χ0v) is 11.6. The van der Waals surface area contributed by atoms with Crippen LogP contribution in [0.15, 0.2) is 0 Å². The van der Waals surface area contributed by atoms with Crippen LogP contribution in [-0.4, -0.2) is 33.6 Å². The van der Waals surface area contributed by atoms with Crippen molar-refractivity contribution in [3.63, 3.8) is 0 Å². The van der Waals surface area contributed by atoms with E-state index in [2.05, 4.69) is 33.7 Å². The first-order valence-corrected chi connectivity index (χ1v) is 7.41. The van der Waals surface area contributed by atoms with Gasteiger partial charge in [-0.2, -0.15) is 0 Å². The van der Waals surface area contributed by atoms with E-state index in [9.17, 15) is 0 Å². The highest BCUT2D eigenvalue weighted by atomic mass is 32.1. The van der Waals surface area contributed by atoms with Gasteiger partial charge >= 0.3 is 0 Å². The molecule has 1 aromatic rings. The minimum atomic E-state index is 0.746. The van der Waals surface area contributed by atoms with Gasteiger partial charge in [0.15, 0.2) is 0 Å². The fourth-order valence-electron chi connectivity index (χ4n) is 2.44. The van der Waals surface area contributed by atoms with E-state index in [1.54, 1.807) is 0 Å². The van der Waals surface area contributed by atoms with E-state index in [0.29, 0.717) is 0 Å². The summed E-state index contributed by atoms with van der Waals surface area (Å²) in [5.74, 6) is 0. The number of nitrogens with zero attached hydrogens (tertiary/aromatic N) is 3. The molecule has 96 valence electrons. The summed E-state index contributed by atoms with van der Waals surface area (Å²) in [6.07, 6.45) is 5.05. The average Bonchev–Trinajstić information content (AvgIpc) is 2.96. The Hall–Kier alpha value is -0.680. The molecule has 4 nitrogen and oxygen atoms in total. The van der Waals surface area contributed by atoms with Crippen LogP contribution in [0, 0.1) is 0 Å². The van der Waals surface area contributed by atoms with E-state index in [4.69, 9.17) is 0 Å². The molecule has 0 radical (unpaired) electrons. The van der Waals surface area contributed by atoms with Crippen LogP contribution >= 0.6 is 11.5 Å². The number of likely N-dealkylation sites (tertiary alicyclic amines) is 1. The number of rotatable bonds is 6. The van der Waals surface area contributed by atoms with Gasteiger partial charge in [-0.3, -0.25) is 4.90 Å². The summed E-state index contributed by atoms with van der Waals surface area (Å²) in [5, 5.41) is 8.84. The maximum Gasteiger partial charge on any atom is 0.134 e. The van der Waals surface area contributed by atoms with Gasteiger partial charge in [0.2, 0.25) is 0 Å². The molecule has 1 unspecified atom stereocenters. The van der Waals surface area contributed by atoms with Crippen molar-refractivity contribution in [2.45, 2.75) is 52.1 Å². The summed E-state index contributed by atoms with van der Waals surface area (Å²) in [6, 6.07) is 0.746. The summed E-state index contributed by atoms with van der Waals surface area (Å²) in [4.78, 5) is 2.55. The predicted molar refractivity (Wildman–Crippen MR) is 72.4 cm³/mol. The number of aromatic nitrogens is 2. The fraction of sp³-hybridized carbons (Fsp3) is 0.833. The number of hydrogen-bond acceptors (Lipinski definition) is 5. The van der Waals surface area contributed by atoms with E-state index in [1.807, 2.05) is 0 Å². The summed E-state index contributed by atoms with van der Waals surface area (Å²) in [5.41, 5.74) is 1.13. The van der Waals surface area contributed by atoms with Crippen LogP contribution in [0.1, 0.15) is 45.2 Å². The summed E-state index contributed by atoms with van der Waals surface area (Å²) < 4.78 is 4.07. The van der Waals surface area contributed by atoms with Crippen LogP contribution in [0.3, 0.4) is 0 Å². The highest BCUT2D eigenvalue weighted by Crippen LogP contribution is 2.25. The van der Waals surface area contributed by atoms with E-state index < -0.39 is 0 Å². The summed E-state index contributed by atoms with van der Waals surface area (Å²) >= 11 is 1.48.